The molecule has 2 heterocycles. The Morgan fingerprint density at radius 1 is 1.04 bits per heavy atom. The van der Waals surface area contributed by atoms with Gasteiger partial charge in [0.1, 0.15) is 5.65 Å². The molecule has 0 saturated heterocycles. The number of nitrogens with one attached hydrogen (secondary N) is 1. The number of rotatable bonds is 4. The normalized spacial score (nSPS) is 11.6. The number of hydrogen-bond donors (Lipinski definition) is 1. The lowest BCUT2D eigenvalue weighted by atomic mass is 10.1. The summed E-state index contributed by atoms with van der Waals surface area (Å²) in [7, 11) is -3.75. The molecule has 0 unspecified atom stereocenters. The van der Waals surface area contributed by atoms with E-state index in [0.717, 1.165) is 16.9 Å². The van der Waals surface area contributed by atoms with E-state index < -0.39 is 10.0 Å². The summed E-state index contributed by atoms with van der Waals surface area (Å²) in [5.74, 6) is 0. The maximum absolute atomic E-state index is 12.8. The Hall–Kier alpha value is -2.83. The minimum atomic E-state index is -3.75. The molecule has 0 aliphatic heterocycles. The smallest absolute Gasteiger partial charge is 0.262 e. The summed E-state index contributed by atoms with van der Waals surface area (Å²) >= 11 is 6.06. The molecule has 7 heteroatoms. The van der Waals surface area contributed by atoms with Gasteiger partial charge in [-0.15, -0.1) is 0 Å². The molecule has 2 aromatic heterocycles. The van der Waals surface area contributed by atoms with E-state index in [2.05, 4.69) is 9.71 Å². The fraction of sp³-hybridized carbons (Fsp3) is 0.0500. The number of nitrogens with zero attached hydrogens (tertiary/aromatic N) is 2. The van der Waals surface area contributed by atoms with E-state index in [9.17, 15) is 8.42 Å². The highest BCUT2D eigenvalue weighted by Crippen LogP contribution is 2.27. The molecule has 27 heavy (non-hydrogen) atoms. The SMILES string of the molecule is Cc1c(Cl)cccc1S(=O)(=O)Nc1cccc(-c2cn3ccccc3n2)c1. The molecule has 0 aliphatic carbocycles. The number of halogens is 1. The summed E-state index contributed by atoms with van der Waals surface area (Å²) < 4.78 is 30.1. The minimum absolute atomic E-state index is 0.160. The Morgan fingerprint density at radius 2 is 1.85 bits per heavy atom. The fourth-order valence-electron chi connectivity index (χ4n) is 2.90. The van der Waals surface area contributed by atoms with Crippen LogP contribution in [0.3, 0.4) is 0 Å². The third kappa shape index (κ3) is 3.41. The van der Waals surface area contributed by atoms with Crippen molar-refractivity contribution in [3.63, 3.8) is 0 Å². The average molecular weight is 398 g/mol. The molecule has 0 spiro atoms. The van der Waals surface area contributed by atoms with Crippen LogP contribution in [0.5, 0.6) is 0 Å². The van der Waals surface area contributed by atoms with Crippen LogP contribution in [-0.2, 0) is 10.0 Å². The van der Waals surface area contributed by atoms with Crippen molar-refractivity contribution in [2.75, 3.05) is 4.72 Å². The molecule has 0 fully saturated rings. The highest BCUT2D eigenvalue weighted by molar-refractivity contribution is 7.92. The second-order valence-corrected chi connectivity index (χ2v) is 8.20. The predicted octanol–water partition coefficient (Wildman–Crippen LogP) is 4.76. The topological polar surface area (TPSA) is 63.5 Å². The summed E-state index contributed by atoms with van der Waals surface area (Å²) in [5, 5.41) is 0.413. The van der Waals surface area contributed by atoms with Crippen molar-refractivity contribution in [2.45, 2.75) is 11.8 Å². The summed E-state index contributed by atoms with van der Waals surface area (Å²) in [5.41, 5.74) is 3.39. The number of sulfonamides is 1. The average Bonchev–Trinajstić information content (AvgIpc) is 3.08. The van der Waals surface area contributed by atoms with Gasteiger partial charge in [0, 0.05) is 28.7 Å². The first-order valence-electron chi connectivity index (χ1n) is 8.26. The van der Waals surface area contributed by atoms with Crippen LogP contribution in [0.1, 0.15) is 5.56 Å². The first-order chi connectivity index (χ1) is 12.9. The number of pyridine rings is 1. The van der Waals surface area contributed by atoms with E-state index in [1.165, 1.54) is 6.07 Å². The van der Waals surface area contributed by atoms with Crippen LogP contribution in [0.2, 0.25) is 5.02 Å². The number of anilines is 1. The number of imidazole rings is 1. The lowest BCUT2D eigenvalue weighted by Gasteiger charge is -2.11. The number of fused-ring (bicyclic) bond motifs is 1. The standard InChI is InChI=1S/C20H16ClN3O2S/c1-14-17(21)8-5-9-19(14)27(25,26)23-16-7-4-6-15(12-16)18-13-24-11-3-2-10-20(24)22-18/h2-13,23H,1H3. The highest BCUT2D eigenvalue weighted by atomic mass is 35.5. The van der Waals surface area contributed by atoms with Crippen molar-refractivity contribution in [3.05, 3.63) is 83.6 Å². The van der Waals surface area contributed by atoms with Crippen LogP contribution < -0.4 is 4.72 Å². The molecule has 4 rings (SSSR count). The zero-order chi connectivity index (χ0) is 19.0. The second-order valence-electron chi connectivity index (χ2n) is 6.14. The number of hydrogen-bond acceptors (Lipinski definition) is 3. The fourth-order valence-corrected chi connectivity index (χ4v) is 4.45. The van der Waals surface area contributed by atoms with Gasteiger partial charge in [0.2, 0.25) is 0 Å². The van der Waals surface area contributed by atoms with E-state index in [-0.39, 0.29) is 4.90 Å². The van der Waals surface area contributed by atoms with Crippen molar-refractivity contribution < 1.29 is 8.42 Å². The van der Waals surface area contributed by atoms with Gasteiger partial charge in [-0.1, -0.05) is 35.9 Å². The molecule has 136 valence electrons. The van der Waals surface area contributed by atoms with Crippen LogP contribution in [0.4, 0.5) is 5.69 Å². The zero-order valence-electron chi connectivity index (χ0n) is 14.4. The van der Waals surface area contributed by atoms with E-state index >= 15 is 0 Å². The first kappa shape index (κ1) is 17.6. The van der Waals surface area contributed by atoms with Crippen LogP contribution in [-0.4, -0.2) is 17.8 Å². The molecule has 2 aromatic carbocycles. The Balaban J connectivity index is 1.69. The molecule has 0 saturated carbocycles. The van der Waals surface area contributed by atoms with Crippen molar-refractivity contribution in [3.8, 4) is 11.3 Å². The second kappa shape index (κ2) is 6.72. The third-order valence-electron chi connectivity index (χ3n) is 4.28. The summed E-state index contributed by atoms with van der Waals surface area (Å²) in [6.45, 7) is 1.68. The van der Waals surface area contributed by atoms with Crippen LogP contribution in [0, 0.1) is 6.92 Å². The Labute approximate surface area is 162 Å². The van der Waals surface area contributed by atoms with Gasteiger partial charge < -0.3 is 4.40 Å². The van der Waals surface area contributed by atoms with Gasteiger partial charge in [-0.25, -0.2) is 13.4 Å². The molecular formula is C20H16ClN3O2S. The predicted molar refractivity (Wildman–Crippen MR) is 108 cm³/mol. The van der Waals surface area contributed by atoms with Gasteiger partial charge in [0.05, 0.1) is 10.6 Å². The molecule has 0 aliphatic rings. The minimum Gasteiger partial charge on any atom is -0.306 e. The van der Waals surface area contributed by atoms with Crippen molar-refractivity contribution >= 4 is 33.0 Å². The molecule has 0 bridgehead atoms. The first-order valence-corrected chi connectivity index (χ1v) is 10.1. The van der Waals surface area contributed by atoms with Crippen LogP contribution in [0.15, 0.2) is 78.0 Å². The Bertz CT molecular complexity index is 1220. The van der Waals surface area contributed by atoms with Crippen LogP contribution in [0.25, 0.3) is 16.9 Å². The number of aromatic nitrogens is 2. The third-order valence-corrected chi connectivity index (χ3v) is 6.22. The van der Waals surface area contributed by atoms with E-state index in [4.69, 9.17) is 11.6 Å². The molecule has 1 N–H and O–H groups in total. The lowest BCUT2D eigenvalue weighted by molar-refractivity contribution is 0.600. The lowest BCUT2D eigenvalue weighted by Crippen LogP contribution is -2.14. The Kier molecular flexibility index (Phi) is 4.37. The van der Waals surface area contributed by atoms with Gasteiger partial charge in [-0.3, -0.25) is 4.72 Å². The van der Waals surface area contributed by atoms with Gasteiger partial charge >= 0.3 is 0 Å². The van der Waals surface area contributed by atoms with E-state index in [1.807, 2.05) is 41.1 Å². The monoisotopic (exact) mass is 397 g/mol. The molecular weight excluding hydrogens is 382 g/mol. The molecule has 0 atom stereocenters. The largest absolute Gasteiger partial charge is 0.306 e. The quantitative estimate of drug-likeness (QED) is 0.539. The maximum Gasteiger partial charge on any atom is 0.262 e. The summed E-state index contributed by atoms with van der Waals surface area (Å²) in [6.07, 6.45) is 3.82. The number of benzene rings is 2. The van der Waals surface area contributed by atoms with Crippen molar-refractivity contribution in [1.29, 1.82) is 0 Å². The van der Waals surface area contributed by atoms with Crippen LogP contribution >= 0.6 is 11.6 Å². The van der Waals surface area contributed by atoms with Gasteiger partial charge in [-0.2, -0.15) is 0 Å². The summed E-state index contributed by atoms with van der Waals surface area (Å²) in [6, 6.07) is 17.7. The zero-order valence-corrected chi connectivity index (χ0v) is 16.0. The molecule has 5 nitrogen and oxygen atoms in total. The molecule has 4 aromatic rings. The maximum atomic E-state index is 12.8. The molecule has 0 amide bonds. The van der Waals surface area contributed by atoms with E-state index in [0.29, 0.717) is 16.3 Å². The van der Waals surface area contributed by atoms with Crippen molar-refractivity contribution in [1.82, 2.24) is 9.38 Å². The summed E-state index contributed by atoms with van der Waals surface area (Å²) in [4.78, 5) is 4.73. The van der Waals surface area contributed by atoms with Gasteiger partial charge in [0.15, 0.2) is 0 Å². The molecule has 0 radical (unpaired) electrons. The van der Waals surface area contributed by atoms with Gasteiger partial charge in [0.25, 0.3) is 10.0 Å². The van der Waals surface area contributed by atoms with Gasteiger partial charge in [-0.05, 0) is 48.9 Å². The Morgan fingerprint density at radius 3 is 2.67 bits per heavy atom. The highest BCUT2D eigenvalue weighted by Gasteiger charge is 2.18. The van der Waals surface area contributed by atoms with Crippen molar-refractivity contribution in [2.24, 2.45) is 0 Å². The van der Waals surface area contributed by atoms with E-state index in [1.54, 1.807) is 37.3 Å².